The van der Waals surface area contributed by atoms with Crippen LogP contribution in [0.5, 0.6) is 5.75 Å². The number of nitrogens with one attached hydrogen (secondary N) is 1. The molecule has 1 aromatic rings. The van der Waals surface area contributed by atoms with Gasteiger partial charge in [0.25, 0.3) is 0 Å². The molecule has 3 aliphatic rings. The minimum Gasteiger partial charge on any atom is -0.497 e. The first-order valence-electron chi connectivity index (χ1n) is 8.49. The normalized spacial score (nSPS) is 32.5. The summed E-state index contributed by atoms with van der Waals surface area (Å²) < 4.78 is 5.45. The van der Waals surface area contributed by atoms with Crippen LogP contribution in [0.1, 0.15) is 42.9 Å². The predicted molar refractivity (Wildman–Crippen MR) is 84.8 cm³/mol. The lowest BCUT2D eigenvalue weighted by molar-refractivity contribution is 0.211. The molecule has 4 rings (SSSR count). The molecule has 3 heteroatoms. The number of methoxy groups -OCH3 is 1. The highest BCUT2D eigenvalue weighted by atomic mass is 16.5. The van der Waals surface area contributed by atoms with Gasteiger partial charge in [-0.1, -0.05) is 6.07 Å². The van der Waals surface area contributed by atoms with Gasteiger partial charge in [-0.25, -0.2) is 0 Å². The number of fused-ring (bicyclic) bond motifs is 2. The second-order valence-electron chi connectivity index (χ2n) is 6.89. The molecule has 1 aliphatic carbocycles. The number of benzene rings is 1. The molecule has 2 saturated heterocycles. The van der Waals surface area contributed by atoms with Crippen LogP contribution in [-0.4, -0.2) is 37.7 Å². The Morgan fingerprint density at radius 2 is 2.14 bits per heavy atom. The number of hydrogen-bond donors (Lipinski definition) is 1. The number of piperidine rings is 1. The third kappa shape index (κ3) is 2.47. The smallest absolute Gasteiger partial charge is 0.119 e. The standard InChI is InChI=1S/C18H26N2O/c1-21-15-8-7-13-4-2-6-18(16(13)10-15)20-11-14-5-3-9-19-17(14)12-20/h7-8,10,14,17-19H,2-6,9,11-12H2,1H3. The Kier molecular flexibility index (Phi) is 3.64. The van der Waals surface area contributed by atoms with E-state index < -0.39 is 0 Å². The second kappa shape index (κ2) is 5.62. The van der Waals surface area contributed by atoms with Crippen LogP contribution in [0.3, 0.4) is 0 Å². The Balaban J connectivity index is 1.59. The van der Waals surface area contributed by atoms with Gasteiger partial charge in [-0.15, -0.1) is 0 Å². The molecule has 3 nitrogen and oxygen atoms in total. The summed E-state index contributed by atoms with van der Waals surface area (Å²) in [6.45, 7) is 3.72. The highest BCUT2D eigenvalue weighted by Gasteiger charge is 2.38. The van der Waals surface area contributed by atoms with E-state index in [1.807, 2.05) is 0 Å². The number of hydrogen-bond acceptors (Lipinski definition) is 3. The van der Waals surface area contributed by atoms with E-state index in [4.69, 9.17) is 4.74 Å². The molecule has 114 valence electrons. The van der Waals surface area contributed by atoms with Crippen LogP contribution < -0.4 is 10.1 Å². The summed E-state index contributed by atoms with van der Waals surface area (Å²) in [6, 6.07) is 8.02. The summed E-state index contributed by atoms with van der Waals surface area (Å²) in [6.07, 6.45) is 6.62. The van der Waals surface area contributed by atoms with Gasteiger partial charge in [-0.2, -0.15) is 0 Å². The Labute approximate surface area is 127 Å². The molecule has 0 bridgehead atoms. The molecule has 2 heterocycles. The van der Waals surface area contributed by atoms with Gasteiger partial charge in [-0.3, -0.25) is 4.90 Å². The van der Waals surface area contributed by atoms with E-state index in [0.29, 0.717) is 6.04 Å². The van der Waals surface area contributed by atoms with Crippen LogP contribution in [0.15, 0.2) is 18.2 Å². The molecular weight excluding hydrogens is 260 g/mol. The lowest BCUT2D eigenvalue weighted by Crippen LogP contribution is -2.41. The van der Waals surface area contributed by atoms with Crippen LogP contribution in [0.25, 0.3) is 0 Å². The Morgan fingerprint density at radius 1 is 1.19 bits per heavy atom. The van der Waals surface area contributed by atoms with Crippen molar-refractivity contribution >= 4 is 0 Å². The van der Waals surface area contributed by atoms with Crippen molar-refractivity contribution in [3.05, 3.63) is 29.3 Å². The van der Waals surface area contributed by atoms with E-state index in [9.17, 15) is 0 Å². The summed E-state index contributed by atoms with van der Waals surface area (Å²) in [5.41, 5.74) is 3.06. The summed E-state index contributed by atoms with van der Waals surface area (Å²) in [7, 11) is 1.77. The largest absolute Gasteiger partial charge is 0.497 e. The third-order valence-corrected chi connectivity index (χ3v) is 5.70. The number of likely N-dealkylation sites (tertiary alicyclic amines) is 1. The zero-order valence-electron chi connectivity index (χ0n) is 13.0. The average Bonchev–Trinajstić information content (AvgIpc) is 2.97. The Morgan fingerprint density at radius 3 is 3.00 bits per heavy atom. The van der Waals surface area contributed by atoms with Crippen LogP contribution in [0.2, 0.25) is 0 Å². The van der Waals surface area contributed by atoms with E-state index in [0.717, 1.165) is 17.7 Å². The fourth-order valence-corrected chi connectivity index (χ4v) is 4.59. The van der Waals surface area contributed by atoms with E-state index in [2.05, 4.69) is 28.4 Å². The first-order valence-corrected chi connectivity index (χ1v) is 8.49. The second-order valence-corrected chi connectivity index (χ2v) is 6.89. The molecule has 0 aromatic heterocycles. The highest BCUT2D eigenvalue weighted by molar-refractivity contribution is 5.39. The molecule has 2 aliphatic heterocycles. The van der Waals surface area contributed by atoms with Gasteiger partial charge in [0.1, 0.15) is 5.75 Å². The third-order valence-electron chi connectivity index (χ3n) is 5.70. The van der Waals surface area contributed by atoms with Gasteiger partial charge >= 0.3 is 0 Å². The fraction of sp³-hybridized carbons (Fsp3) is 0.667. The Bertz CT molecular complexity index is 502. The number of aryl methyl sites for hydroxylation is 1. The summed E-state index contributed by atoms with van der Waals surface area (Å²) in [4.78, 5) is 2.74. The zero-order valence-corrected chi connectivity index (χ0v) is 13.0. The summed E-state index contributed by atoms with van der Waals surface area (Å²) in [5, 5.41) is 3.73. The molecule has 1 N–H and O–H groups in total. The first kappa shape index (κ1) is 13.6. The van der Waals surface area contributed by atoms with Crippen molar-refractivity contribution in [1.29, 1.82) is 0 Å². The minimum absolute atomic E-state index is 0.608. The number of ether oxygens (including phenoxy) is 1. The van der Waals surface area contributed by atoms with Crippen LogP contribution in [0.4, 0.5) is 0 Å². The lowest BCUT2D eigenvalue weighted by Gasteiger charge is -2.33. The summed E-state index contributed by atoms with van der Waals surface area (Å²) >= 11 is 0. The first-order chi connectivity index (χ1) is 10.3. The highest BCUT2D eigenvalue weighted by Crippen LogP contribution is 2.39. The van der Waals surface area contributed by atoms with Crippen molar-refractivity contribution in [3.63, 3.8) is 0 Å². The van der Waals surface area contributed by atoms with Crippen LogP contribution in [-0.2, 0) is 6.42 Å². The minimum atomic E-state index is 0.608. The topological polar surface area (TPSA) is 24.5 Å². The molecule has 21 heavy (non-hydrogen) atoms. The van der Waals surface area contributed by atoms with Gasteiger partial charge in [-0.05, 0) is 67.8 Å². The maximum absolute atomic E-state index is 5.45. The SMILES string of the molecule is COc1ccc2c(c1)C(N1CC3CCCNC3C1)CCC2. The lowest BCUT2D eigenvalue weighted by atomic mass is 9.86. The predicted octanol–water partition coefficient (Wildman–Crippen LogP) is 2.76. The maximum atomic E-state index is 5.45. The molecule has 0 amide bonds. The quantitative estimate of drug-likeness (QED) is 0.905. The van der Waals surface area contributed by atoms with Crippen LogP contribution >= 0.6 is 0 Å². The van der Waals surface area contributed by atoms with Gasteiger partial charge < -0.3 is 10.1 Å². The fourth-order valence-electron chi connectivity index (χ4n) is 4.59. The molecular formula is C18H26N2O. The van der Waals surface area contributed by atoms with Crippen molar-refractivity contribution in [3.8, 4) is 5.75 Å². The van der Waals surface area contributed by atoms with Crippen molar-refractivity contribution in [1.82, 2.24) is 10.2 Å². The number of nitrogens with zero attached hydrogens (tertiary/aromatic N) is 1. The van der Waals surface area contributed by atoms with E-state index in [1.165, 1.54) is 62.9 Å². The van der Waals surface area contributed by atoms with Gasteiger partial charge in [0.2, 0.25) is 0 Å². The van der Waals surface area contributed by atoms with E-state index in [-0.39, 0.29) is 0 Å². The molecule has 3 unspecified atom stereocenters. The molecule has 0 spiro atoms. The van der Waals surface area contributed by atoms with E-state index >= 15 is 0 Å². The van der Waals surface area contributed by atoms with E-state index in [1.54, 1.807) is 7.11 Å². The maximum Gasteiger partial charge on any atom is 0.119 e. The van der Waals surface area contributed by atoms with Gasteiger partial charge in [0, 0.05) is 25.2 Å². The van der Waals surface area contributed by atoms with Gasteiger partial charge in [0.15, 0.2) is 0 Å². The van der Waals surface area contributed by atoms with Crippen molar-refractivity contribution in [2.45, 2.75) is 44.2 Å². The molecule has 1 aromatic carbocycles. The monoisotopic (exact) mass is 286 g/mol. The zero-order chi connectivity index (χ0) is 14.2. The van der Waals surface area contributed by atoms with Gasteiger partial charge in [0.05, 0.1) is 7.11 Å². The number of rotatable bonds is 2. The van der Waals surface area contributed by atoms with Crippen molar-refractivity contribution < 1.29 is 4.74 Å². The van der Waals surface area contributed by atoms with Crippen LogP contribution in [0, 0.1) is 5.92 Å². The summed E-state index contributed by atoms with van der Waals surface area (Å²) in [5.74, 6) is 1.88. The molecule has 3 atom stereocenters. The Hall–Kier alpha value is -1.06. The van der Waals surface area contributed by atoms with Crippen molar-refractivity contribution in [2.24, 2.45) is 5.92 Å². The molecule has 0 saturated carbocycles. The van der Waals surface area contributed by atoms with Crippen molar-refractivity contribution in [2.75, 3.05) is 26.7 Å². The molecule has 2 fully saturated rings. The average molecular weight is 286 g/mol. The molecule has 0 radical (unpaired) electrons.